The lowest BCUT2D eigenvalue weighted by Crippen LogP contribution is -1.93. The molecule has 0 aliphatic carbocycles. The predicted octanol–water partition coefficient (Wildman–Crippen LogP) is 2.10. The number of aromatic nitrogens is 2. The fourth-order valence-electron chi connectivity index (χ4n) is 1.24. The molecule has 0 fully saturated rings. The van der Waals surface area contributed by atoms with E-state index in [0.29, 0.717) is 33.8 Å². The molecular formula is C10H7ClN2O2. The third-order valence-electron chi connectivity index (χ3n) is 2.00. The first-order valence-corrected chi connectivity index (χ1v) is 4.58. The fraction of sp³-hybridized carbons (Fsp3) is 0.100. The topological polar surface area (TPSA) is 52.1 Å². The van der Waals surface area contributed by atoms with Crippen LogP contribution in [0, 0.1) is 0 Å². The monoisotopic (exact) mass is 222 g/mol. The van der Waals surface area contributed by atoms with Crippen molar-refractivity contribution in [2.75, 3.05) is 7.11 Å². The summed E-state index contributed by atoms with van der Waals surface area (Å²) in [7, 11) is 1.52. The van der Waals surface area contributed by atoms with Gasteiger partial charge in [0.15, 0.2) is 11.9 Å². The van der Waals surface area contributed by atoms with E-state index in [1.54, 1.807) is 12.1 Å². The molecule has 0 aliphatic rings. The number of hydrogen-bond donors (Lipinski definition) is 0. The molecule has 2 aromatic rings. The van der Waals surface area contributed by atoms with Gasteiger partial charge >= 0.3 is 0 Å². The van der Waals surface area contributed by atoms with E-state index in [2.05, 4.69) is 9.97 Å². The number of fused-ring (bicyclic) bond motifs is 1. The molecule has 0 saturated carbocycles. The van der Waals surface area contributed by atoms with Crippen LogP contribution in [-0.2, 0) is 0 Å². The van der Waals surface area contributed by atoms with E-state index in [-0.39, 0.29) is 0 Å². The number of rotatable bonds is 2. The standard InChI is InChI=1S/C10H7ClN2O2/c1-15-8-3-2-7-9(11)6(5-14)4-12-10(7)13-8/h2-5H,1H3. The number of carbonyl (C=O) groups excluding carboxylic acids is 1. The van der Waals surface area contributed by atoms with Gasteiger partial charge in [0, 0.05) is 17.6 Å². The summed E-state index contributed by atoms with van der Waals surface area (Å²) in [5.74, 6) is 0.463. The van der Waals surface area contributed by atoms with Crippen molar-refractivity contribution in [3.63, 3.8) is 0 Å². The number of ether oxygens (including phenoxy) is 1. The Bertz CT molecular complexity index is 528. The Morgan fingerprint density at radius 3 is 2.93 bits per heavy atom. The van der Waals surface area contributed by atoms with Crippen LogP contribution in [0.25, 0.3) is 11.0 Å². The second-order valence-corrected chi connectivity index (χ2v) is 3.25. The van der Waals surface area contributed by atoms with Crippen LogP contribution in [0.5, 0.6) is 5.88 Å². The molecule has 2 rings (SSSR count). The number of nitrogens with zero attached hydrogens (tertiary/aromatic N) is 2. The highest BCUT2D eigenvalue weighted by molar-refractivity contribution is 6.37. The van der Waals surface area contributed by atoms with Gasteiger partial charge in [-0.05, 0) is 6.07 Å². The minimum absolute atomic E-state index is 0.358. The van der Waals surface area contributed by atoms with E-state index in [1.807, 2.05) is 0 Å². The third kappa shape index (κ3) is 1.64. The van der Waals surface area contributed by atoms with Crippen molar-refractivity contribution in [1.82, 2.24) is 9.97 Å². The van der Waals surface area contributed by atoms with Gasteiger partial charge in [-0.3, -0.25) is 4.79 Å². The Kier molecular flexibility index (Phi) is 2.51. The lowest BCUT2D eigenvalue weighted by Gasteiger charge is -2.03. The van der Waals surface area contributed by atoms with Crippen molar-refractivity contribution in [2.24, 2.45) is 0 Å². The van der Waals surface area contributed by atoms with Crippen molar-refractivity contribution >= 4 is 28.9 Å². The van der Waals surface area contributed by atoms with Crippen LogP contribution in [0.1, 0.15) is 10.4 Å². The summed E-state index contributed by atoms with van der Waals surface area (Å²) in [6, 6.07) is 3.40. The molecule has 0 amide bonds. The molecule has 0 bridgehead atoms. The molecule has 0 unspecified atom stereocenters. The lowest BCUT2D eigenvalue weighted by molar-refractivity contribution is 0.112. The molecule has 5 heteroatoms. The highest BCUT2D eigenvalue weighted by Gasteiger charge is 2.07. The van der Waals surface area contributed by atoms with Crippen LogP contribution < -0.4 is 4.74 Å². The maximum absolute atomic E-state index is 10.6. The quantitative estimate of drug-likeness (QED) is 0.731. The molecule has 2 aromatic heterocycles. The predicted molar refractivity (Wildman–Crippen MR) is 56.5 cm³/mol. The Morgan fingerprint density at radius 1 is 1.47 bits per heavy atom. The first-order chi connectivity index (χ1) is 7.26. The van der Waals surface area contributed by atoms with Crippen LogP contribution in [0.15, 0.2) is 18.3 Å². The van der Waals surface area contributed by atoms with Crippen LogP contribution in [0.4, 0.5) is 0 Å². The molecule has 4 nitrogen and oxygen atoms in total. The molecular weight excluding hydrogens is 216 g/mol. The Hall–Kier alpha value is -1.68. The second kappa shape index (κ2) is 3.82. The third-order valence-corrected chi connectivity index (χ3v) is 2.42. The van der Waals surface area contributed by atoms with E-state index in [1.165, 1.54) is 13.3 Å². The van der Waals surface area contributed by atoms with Crippen molar-refractivity contribution in [2.45, 2.75) is 0 Å². The summed E-state index contributed by atoms with van der Waals surface area (Å²) in [5.41, 5.74) is 0.820. The number of hydrogen-bond acceptors (Lipinski definition) is 4. The van der Waals surface area contributed by atoms with Gasteiger partial charge in [0.05, 0.1) is 17.7 Å². The van der Waals surface area contributed by atoms with E-state index in [9.17, 15) is 4.79 Å². The summed E-state index contributed by atoms with van der Waals surface area (Å²) < 4.78 is 4.95. The summed E-state index contributed by atoms with van der Waals surface area (Å²) in [4.78, 5) is 18.7. The molecule has 0 saturated heterocycles. The van der Waals surface area contributed by atoms with Gasteiger partial charge in [-0.15, -0.1) is 0 Å². The van der Waals surface area contributed by atoms with E-state index >= 15 is 0 Å². The molecule has 0 N–H and O–H groups in total. The van der Waals surface area contributed by atoms with E-state index in [4.69, 9.17) is 16.3 Å². The minimum Gasteiger partial charge on any atom is -0.481 e. The SMILES string of the molecule is COc1ccc2c(Cl)c(C=O)cnc2n1. The summed E-state index contributed by atoms with van der Waals surface area (Å²) in [6.45, 7) is 0. The zero-order valence-corrected chi connectivity index (χ0v) is 8.65. The largest absolute Gasteiger partial charge is 0.481 e. The number of methoxy groups -OCH3 is 1. The van der Waals surface area contributed by atoms with Gasteiger partial charge in [-0.25, -0.2) is 4.98 Å². The molecule has 0 radical (unpaired) electrons. The number of pyridine rings is 2. The number of halogens is 1. The minimum atomic E-state index is 0.358. The first-order valence-electron chi connectivity index (χ1n) is 4.20. The molecule has 0 atom stereocenters. The van der Waals surface area contributed by atoms with Crippen molar-refractivity contribution in [1.29, 1.82) is 0 Å². The van der Waals surface area contributed by atoms with Gasteiger partial charge in [-0.1, -0.05) is 11.6 Å². The van der Waals surface area contributed by atoms with Crippen LogP contribution in [0.2, 0.25) is 5.02 Å². The van der Waals surface area contributed by atoms with E-state index < -0.39 is 0 Å². The molecule has 0 aromatic carbocycles. The average Bonchev–Trinajstić information content (AvgIpc) is 2.29. The van der Waals surface area contributed by atoms with Gasteiger partial charge in [0.25, 0.3) is 0 Å². The summed E-state index contributed by atoms with van der Waals surface area (Å²) >= 11 is 5.99. The normalized spacial score (nSPS) is 10.3. The molecule has 0 spiro atoms. The maximum atomic E-state index is 10.6. The zero-order chi connectivity index (χ0) is 10.8. The summed E-state index contributed by atoms with van der Waals surface area (Å²) in [6.07, 6.45) is 2.06. The van der Waals surface area contributed by atoms with Crippen molar-refractivity contribution < 1.29 is 9.53 Å². The van der Waals surface area contributed by atoms with Crippen molar-refractivity contribution in [3.8, 4) is 5.88 Å². The maximum Gasteiger partial charge on any atom is 0.215 e. The highest BCUT2D eigenvalue weighted by atomic mass is 35.5. The number of aldehydes is 1. The first kappa shape index (κ1) is 9.86. The van der Waals surface area contributed by atoms with Crippen molar-refractivity contribution in [3.05, 3.63) is 28.9 Å². The Labute approximate surface area is 90.9 Å². The highest BCUT2D eigenvalue weighted by Crippen LogP contribution is 2.25. The Morgan fingerprint density at radius 2 is 2.27 bits per heavy atom. The van der Waals surface area contributed by atoms with Crippen LogP contribution in [0.3, 0.4) is 0 Å². The smallest absolute Gasteiger partial charge is 0.215 e. The van der Waals surface area contributed by atoms with Gasteiger partial charge in [0.1, 0.15) is 0 Å². The van der Waals surface area contributed by atoms with Crippen LogP contribution in [-0.4, -0.2) is 23.4 Å². The van der Waals surface area contributed by atoms with Gasteiger partial charge in [-0.2, -0.15) is 4.98 Å². The van der Waals surface area contributed by atoms with Gasteiger partial charge < -0.3 is 4.74 Å². The van der Waals surface area contributed by atoms with Gasteiger partial charge in [0.2, 0.25) is 5.88 Å². The molecule has 0 aliphatic heterocycles. The Balaban J connectivity index is 2.73. The average molecular weight is 223 g/mol. The second-order valence-electron chi connectivity index (χ2n) is 2.87. The summed E-state index contributed by atoms with van der Waals surface area (Å²) in [5, 5.41) is 1.01. The zero-order valence-electron chi connectivity index (χ0n) is 7.90. The fourth-order valence-corrected chi connectivity index (χ4v) is 1.48. The number of carbonyl (C=O) groups is 1. The lowest BCUT2D eigenvalue weighted by atomic mass is 10.2. The van der Waals surface area contributed by atoms with Crippen LogP contribution >= 0.6 is 11.6 Å². The molecule has 2 heterocycles. The molecule has 15 heavy (non-hydrogen) atoms. The molecule has 76 valence electrons. The van der Waals surface area contributed by atoms with E-state index in [0.717, 1.165) is 0 Å².